The Kier molecular flexibility index (Phi) is 3.31. The monoisotopic (exact) mass is 236 g/mol. The molecule has 84 valence electrons. The Hall–Kier alpha value is -1.69. The van der Waals surface area contributed by atoms with E-state index in [2.05, 4.69) is 15.4 Å². The molecule has 0 amide bonds. The highest BCUT2D eigenvalue weighted by molar-refractivity contribution is 7.09. The van der Waals surface area contributed by atoms with E-state index in [4.69, 9.17) is 0 Å². The molecular formula is C10H12N4OS. The summed E-state index contributed by atoms with van der Waals surface area (Å²) in [6.45, 7) is 3.23. The third kappa shape index (κ3) is 2.46. The van der Waals surface area contributed by atoms with E-state index in [1.54, 1.807) is 24.0 Å². The van der Waals surface area contributed by atoms with E-state index < -0.39 is 0 Å². The molecule has 6 heteroatoms. The lowest BCUT2D eigenvalue weighted by Gasteiger charge is -2.04. The minimum Gasteiger partial charge on any atom is -0.384 e. The molecule has 0 spiro atoms. The van der Waals surface area contributed by atoms with Crippen molar-refractivity contribution in [1.29, 1.82) is 0 Å². The zero-order valence-electron chi connectivity index (χ0n) is 8.88. The highest BCUT2D eigenvalue weighted by Crippen LogP contribution is 2.06. The highest BCUT2D eigenvalue weighted by atomic mass is 32.1. The van der Waals surface area contributed by atoms with Crippen LogP contribution in [0, 0.1) is 0 Å². The second-order valence-corrected chi connectivity index (χ2v) is 4.21. The van der Waals surface area contributed by atoms with Gasteiger partial charge in [0.1, 0.15) is 0 Å². The molecule has 0 saturated heterocycles. The fourth-order valence-electron chi connectivity index (χ4n) is 1.32. The van der Waals surface area contributed by atoms with Crippen LogP contribution >= 0.6 is 11.3 Å². The predicted octanol–water partition coefficient (Wildman–Crippen LogP) is 1.18. The topological polar surface area (TPSA) is 59.8 Å². The van der Waals surface area contributed by atoms with Crippen LogP contribution < -0.4 is 10.9 Å². The van der Waals surface area contributed by atoms with Crippen LogP contribution in [0.2, 0.25) is 0 Å². The summed E-state index contributed by atoms with van der Waals surface area (Å²) in [5.74, 6) is 0. The summed E-state index contributed by atoms with van der Waals surface area (Å²) in [6.07, 6.45) is 3.41. The van der Waals surface area contributed by atoms with Crippen molar-refractivity contribution in [1.82, 2.24) is 14.8 Å². The number of rotatable bonds is 4. The van der Waals surface area contributed by atoms with Crippen LogP contribution in [0.1, 0.15) is 11.8 Å². The highest BCUT2D eigenvalue weighted by Gasteiger charge is 2.01. The second kappa shape index (κ2) is 4.89. The van der Waals surface area contributed by atoms with Crippen LogP contribution in [0.4, 0.5) is 5.69 Å². The molecule has 0 aliphatic rings. The van der Waals surface area contributed by atoms with Crippen molar-refractivity contribution < 1.29 is 0 Å². The van der Waals surface area contributed by atoms with Gasteiger partial charge in [0.25, 0.3) is 5.56 Å². The molecule has 0 saturated carbocycles. The van der Waals surface area contributed by atoms with E-state index in [0.29, 0.717) is 6.54 Å². The van der Waals surface area contributed by atoms with Crippen molar-refractivity contribution in [2.45, 2.75) is 13.5 Å². The van der Waals surface area contributed by atoms with Gasteiger partial charge >= 0.3 is 0 Å². The molecule has 2 heterocycles. The maximum absolute atomic E-state index is 11.7. The summed E-state index contributed by atoms with van der Waals surface area (Å²) in [5, 5.41) is 7.14. The molecule has 1 N–H and O–H groups in total. The number of hydrogen-bond donors (Lipinski definition) is 1. The summed E-state index contributed by atoms with van der Waals surface area (Å²) >= 11 is 1.51. The van der Waals surface area contributed by atoms with Gasteiger partial charge in [0, 0.05) is 23.7 Å². The first-order valence-electron chi connectivity index (χ1n) is 4.98. The van der Waals surface area contributed by atoms with Crippen molar-refractivity contribution in [3.8, 4) is 0 Å². The van der Waals surface area contributed by atoms with Crippen LogP contribution in [0.3, 0.4) is 0 Å². The van der Waals surface area contributed by atoms with Gasteiger partial charge < -0.3 is 5.32 Å². The lowest BCUT2D eigenvalue weighted by molar-refractivity contribution is 0.645. The van der Waals surface area contributed by atoms with E-state index in [0.717, 1.165) is 17.1 Å². The van der Waals surface area contributed by atoms with Gasteiger partial charge in [0.05, 0.1) is 23.9 Å². The Morgan fingerprint density at radius 2 is 2.38 bits per heavy atom. The Balaban J connectivity index is 2.20. The smallest absolute Gasteiger partial charge is 0.269 e. The van der Waals surface area contributed by atoms with Crippen LogP contribution in [-0.4, -0.2) is 21.3 Å². The molecular weight excluding hydrogens is 224 g/mol. The third-order valence-corrected chi connectivity index (χ3v) is 2.80. The number of anilines is 1. The van der Waals surface area contributed by atoms with Crippen LogP contribution in [0.5, 0.6) is 0 Å². The zero-order chi connectivity index (χ0) is 11.4. The lowest BCUT2D eigenvalue weighted by atomic mass is 10.4. The first-order chi connectivity index (χ1) is 7.79. The minimum atomic E-state index is -0.105. The molecule has 16 heavy (non-hydrogen) atoms. The quantitative estimate of drug-likeness (QED) is 0.866. The van der Waals surface area contributed by atoms with Crippen molar-refractivity contribution in [3.63, 3.8) is 0 Å². The Labute approximate surface area is 96.8 Å². The van der Waals surface area contributed by atoms with Crippen LogP contribution in [0.15, 0.2) is 28.8 Å². The van der Waals surface area contributed by atoms with E-state index in [1.807, 2.05) is 6.92 Å². The van der Waals surface area contributed by atoms with Crippen molar-refractivity contribution in [2.75, 3.05) is 11.9 Å². The van der Waals surface area contributed by atoms with Gasteiger partial charge in [-0.15, -0.1) is 11.3 Å². The fraction of sp³-hybridized carbons (Fsp3) is 0.300. The van der Waals surface area contributed by atoms with E-state index in [-0.39, 0.29) is 5.56 Å². The van der Waals surface area contributed by atoms with Gasteiger partial charge in [-0.1, -0.05) is 0 Å². The largest absolute Gasteiger partial charge is 0.384 e. The molecule has 0 aliphatic carbocycles. The number of hydrogen-bond acceptors (Lipinski definition) is 5. The first-order valence-corrected chi connectivity index (χ1v) is 5.86. The second-order valence-electron chi connectivity index (χ2n) is 3.24. The van der Waals surface area contributed by atoms with Crippen LogP contribution in [-0.2, 0) is 6.54 Å². The molecule has 0 aromatic carbocycles. The lowest BCUT2D eigenvalue weighted by Crippen LogP contribution is -2.22. The molecule has 0 fully saturated rings. The molecule has 0 radical (unpaired) electrons. The van der Waals surface area contributed by atoms with Gasteiger partial charge in [-0.3, -0.25) is 9.78 Å². The van der Waals surface area contributed by atoms with Gasteiger partial charge in [-0.05, 0) is 6.92 Å². The van der Waals surface area contributed by atoms with Crippen molar-refractivity contribution >= 4 is 17.0 Å². The maximum atomic E-state index is 11.7. The molecule has 5 nitrogen and oxygen atoms in total. The maximum Gasteiger partial charge on any atom is 0.269 e. The van der Waals surface area contributed by atoms with E-state index >= 15 is 0 Å². The fourth-order valence-corrected chi connectivity index (χ4v) is 1.90. The van der Waals surface area contributed by atoms with Crippen molar-refractivity contribution in [3.05, 3.63) is 39.2 Å². The van der Waals surface area contributed by atoms with E-state index in [9.17, 15) is 4.79 Å². The van der Waals surface area contributed by atoms with E-state index in [1.165, 1.54) is 16.0 Å². The Bertz CT molecular complexity index is 506. The van der Waals surface area contributed by atoms with Crippen LogP contribution in [0.25, 0.3) is 0 Å². The summed E-state index contributed by atoms with van der Waals surface area (Å²) in [6, 6.07) is 1.55. The van der Waals surface area contributed by atoms with Gasteiger partial charge in [-0.2, -0.15) is 5.10 Å². The van der Waals surface area contributed by atoms with Crippen molar-refractivity contribution in [2.24, 2.45) is 0 Å². The zero-order valence-corrected chi connectivity index (χ0v) is 9.70. The Morgan fingerprint density at radius 1 is 1.50 bits per heavy atom. The predicted molar refractivity (Wildman–Crippen MR) is 63.9 cm³/mol. The van der Waals surface area contributed by atoms with Gasteiger partial charge in [-0.25, -0.2) is 4.68 Å². The van der Waals surface area contributed by atoms with Gasteiger partial charge in [0.2, 0.25) is 0 Å². The standard InChI is InChI=1S/C10H12N4OS/c1-2-12-8-3-10(15)14(13-4-8)6-9-5-11-7-16-9/h3-5,7,12H,2,6H2,1H3. The first kappa shape index (κ1) is 10.8. The molecule has 0 aliphatic heterocycles. The average molecular weight is 236 g/mol. The number of thiazole rings is 1. The third-order valence-electron chi connectivity index (χ3n) is 2.04. The summed E-state index contributed by atoms with van der Waals surface area (Å²) in [5.41, 5.74) is 2.40. The molecule has 2 aromatic rings. The van der Waals surface area contributed by atoms with Gasteiger partial charge in [0.15, 0.2) is 0 Å². The number of aromatic nitrogens is 3. The molecule has 0 atom stereocenters. The molecule has 0 unspecified atom stereocenters. The minimum absolute atomic E-state index is 0.105. The average Bonchev–Trinajstić information content (AvgIpc) is 2.75. The SMILES string of the molecule is CCNc1cnn(Cc2cncs2)c(=O)c1. The Morgan fingerprint density at radius 3 is 3.00 bits per heavy atom. The summed E-state index contributed by atoms with van der Waals surface area (Å²) in [7, 11) is 0. The molecule has 0 bridgehead atoms. The number of nitrogens with zero attached hydrogens (tertiary/aromatic N) is 3. The summed E-state index contributed by atoms with van der Waals surface area (Å²) in [4.78, 5) is 16.7. The summed E-state index contributed by atoms with van der Waals surface area (Å²) < 4.78 is 1.42. The molecule has 2 rings (SSSR count). The number of nitrogens with one attached hydrogen (secondary N) is 1. The molecule has 2 aromatic heterocycles. The normalized spacial score (nSPS) is 10.3.